The third-order valence-corrected chi connectivity index (χ3v) is 1.09. The zero-order chi connectivity index (χ0) is 5.82. The molecule has 0 atom stereocenters. The predicted molar refractivity (Wildman–Crippen MR) is 30.2 cm³/mol. The molecular formula is C3H5N4S. The number of aromatic nitrogens is 4. The van der Waals surface area contributed by atoms with Gasteiger partial charge in [0.15, 0.2) is 0 Å². The van der Waals surface area contributed by atoms with Gasteiger partial charge in [-0.1, -0.05) is 0 Å². The summed E-state index contributed by atoms with van der Waals surface area (Å²) in [6.07, 6.45) is 4.33. The summed E-state index contributed by atoms with van der Waals surface area (Å²) in [7, 11) is 0. The van der Waals surface area contributed by atoms with E-state index in [2.05, 4.69) is 21.7 Å². The van der Waals surface area contributed by atoms with E-state index in [1.807, 2.05) is 6.26 Å². The Labute approximate surface area is 51.3 Å². The van der Waals surface area contributed by atoms with Crippen molar-refractivity contribution in [2.24, 2.45) is 0 Å². The third-order valence-electron chi connectivity index (χ3n) is 0.597. The van der Waals surface area contributed by atoms with Crippen molar-refractivity contribution in [3.63, 3.8) is 0 Å². The molecule has 0 aliphatic rings. The van der Waals surface area contributed by atoms with Gasteiger partial charge in [0.2, 0.25) is 6.33 Å². The number of hydrogen-bond acceptors (Lipinski definition) is 4. The zero-order valence-corrected chi connectivity index (χ0v) is 5.22. The molecule has 0 aromatic carbocycles. The van der Waals surface area contributed by atoms with E-state index in [1.165, 1.54) is 4.80 Å². The smallest absolute Gasteiger partial charge is 0.154 e. The van der Waals surface area contributed by atoms with Gasteiger partial charge >= 0.3 is 0 Å². The Bertz CT molecular complexity index is 137. The summed E-state index contributed by atoms with van der Waals surface area (Å²) < 4.78 is 0. The SMILES string of the molecule is CSCn1n[c]nn1. The summed E-state index contributed by atoms with van der Waals surface area (Å²) in [5, 5.41) is 10.6. The molecule has 0 unspecified atom stereocenters. The van der Waals surface area contributed by atoms with Crippen LogP contribution in [0.4, 0.5) is 0 Å². The highest BCUT2D eigenvalue weighted by atomic mass is 32.2. The molecule has 0 N–H and O–H groups in total. The van der Waals surface area contributed by atoms with Crippen molar-refractivity contribution in [1.82, 2.24) is 20.2 Å². The van der Waals surface area contributed by atoms with Crippen LogP contribution in [0.15, 0.2) is 0 Å². The normalized spacial score (nSPS) is 9.62. The lowest BCUT2D eigenvalue weighted by atomic mass is 11.4. The molecule has 0 amide bonds. The number of tetrazole rings is 1. The fraction of sp³-hybridized carbons (Fsp3) is 0.667. The summed E-state index contributed by atoms with van der Waals surface area (Å²) >= 11 is 1.64. The summed E-state index contributed by atoms with van der Waals surface area (Å²) in [5.41, 5.74) is 0. The van der Waals surface area contributed by atoms with Crippen LogP contribution < -0.4 is 0 Å². The molecule has 1 aromatic heterocycles. The van der Waals surface area contributed by atoms with Gasteiger partial charge in [0.1, 0.15) is 5.88 Å². The van der Waals surface area contributed by atoms with Crippen molar-refractivity contribution in [1.29, 1.82) is 0 Å². The standard InChI is InChI=1S/C3H5N4S/c1-8-3-7-5-2-4-6-7/h3H2,1H3. The van der Waals surface area contributed by atoms with E-state index >= 15 is 0 Å². The number of hydrogen-bond donors (Lipinski definition) is 0. The number of rotatable bonds is 2. The molecule has 0 aliphatic carbocycles. The molecule has 0 saturated heterocycles. The largest absolute Gasteiger partial charge is 0.245 e. The van der Waals surface area contributed by atoms with Crippen LogP contribution in [0.5, 0.6) is 0 Å². The molecule has 1 radical (unpaired) electrons. The monoisotopic (exact) mass is 129 g/mol. The van der Waals surface area contributed by atoms with Gasteiger partial charge in [-0.05, 0) is 11.5 Å². The molecular weight excluding hydrogens is 124 g/mol. The van der Waals surface area contributed by atoms with Crippen molar-refractivity contribution in [3.05, 3.63) is 6.33 Å². The molecule has 0 aliphatic heterocycles. The van der Waals surface area contributed by atoms with Crippen LogP contribution in [-0.4, -0.2) is 26.5 Å². The lowest BCUT2D eigenvalue weighted by Gasteiger charge is -1.88. The molecule has 0 bridgehead atoms. The lowest BCUT2D eigenvalue weighted by molar-refractivity contribution is 0.618. The second kappa shape index (κ2) is 2.66. The van der Waals surface area contributed by atoms with Crippen LogP contribution in [0.1, 0.15) is 0 Å². The first-order valence-corrected chi connectivity index (χ1v) is 3.45. The molecule has 0 fully saturated rings. The van der Waals surface area contributed by atoms with Gasteiger partial charge in [0.05, 0.1) is 0 Å². The van der Waals surface area contributed by atoms with Crippen molar-refractivity contribution < 1.29 is 0 Å². The average Bonchev–Trinajstić information content (AvgIpc) is 2.19. The van der Waals surface area contributed by atoms with Crippen LogP contribution in [0.3, 0.4) is 0 Å². The highest BCUT2D eigenvalue weighted by Gasteiger charge is 1.86. The zero-order valence-electron chi connectivity index (χ0n) is 4.40. The Hall–Kier alpha value is -0.580. The second-order valence-corrected chi connectivity index (χ2v) is 2.02. The van der Waals surface area contributed by atoms with Crippen molar-refractivity contribution in [3.8, 4) is 0 Å². The maximum absolute atomic E-state index is 3.65. The maximum atomic E-state index is 3.65. The minimum Gasteiger partial charge on any atom is -0.154 e. The molecule has 8 heavy (non-hydrogen) atoms. The van der Waals surface area contributed by atoms with E-state index in [1.54, 1.807) is 11.8 Å². The summed E-state index contributed by atoms with van der Waals surface area (Å²) in [5.74, 6) is 0.747. The first-order valence-electron chi connectivity index (χ1n) is 2.06. The van der Waals surface area contributed by atoms with E-state index in [4.69, 9.17) is 0 Å². The van der Waals surface area contributed by atoms with Crippen molar-refractivity contribution in [2.75, 3.05) is 6.26 Å². The molecule has 1 aromatic rings. The van der Waals surface area contributed by atoms with Crippen LogP contribution in [0, 0.1) is 6.33 Å². The van der Waals surface area contributed by atoms with Crippen molar-refractivity contribution >= 4 is 11.8 Å². The topological polar surface area (TPSA) is 43.6 Å². The molecule has 5 heteroatoms. The van der Waals surface area contributed by atoms with Crippen LogP contribution in [0.25, 0.3) is 0 Å². The number of nitrogens with zero attached hydrogens (tertiary/aromatic N) is 4. The fourth-order valence-corrected chi connectivity index (χ4v) is 0.674. The van der Waals surface area contributed by atoms with E-state index < -0.39 is 0 Å². The van der Waals surface area contributed by atoms with Crippen molar-refractivity contribution in [2.45, 2.75) is 5.88 Å². The van der Waals surface area contributed by atoms with Gasteiger partial charge in [-0.2, -0.15) is 4.80 Å². The van der Waals surface area contributed by atoms with Crippen LogP contribution in [0.2, 0.25) is 0 Å². The second-order valence-electron chi connectivity index (χ2n) is 1.18. The predicted octanol–water partition coefficient (Wildman–Crippen LogP) is -0.206. The Balaban J connectivity index is 2.50. The minimum atomic E-state index is 0.747. The third kappa shape index (κ3) is 1.19. The first kappa shape index (κ1) is 5.55. The molecule has 43 valence electrons. The summed E-state index contributed by atoms with van der Waals surface area (Å²) in [4.78, 5) is 1.48. The van der Waals surface area contributed by atoms with Crippen LogP contribution in [-0.2, 0) is 5.88 Å². The quantitative estimate of drug-likeness (QED) is 0.554. The lowest BCUT2D eigenvalue weighted by Crippen LogP contribution is -1.97. The van der Waals surface area contributed by atoms with E-state index in [9.17, 15) is 0 Å². The highest BCUT2D eigenvalue weighted by molar-refractivity contribution is 7.97. The van der Waals surface area contributed by atoms with Gasteiger partial charge in [0, 0.05) is 0 Å². The van der Waals surface area contributed by atoms with Gasteiger partial charge in [-0.3, -0.25) is 0 Å². The minimum absolute atomic E-state index is 0.747. The summed E-state index contributed by atoms with van der Waals surface area (Å²) in [6.45, 7) is 0. The summed E-state index contributed by atoms with van der Waals surface area (Å²) in [6, 6.07) is 0. The number of thioether (sulfide) groups is 1. The highest BCUT2D eigenvalue weighted by Crippen LogP contribution is 1.91. The first-order chi connectivity index (χ1) is 3.93. The molecule has 1 heterocycles. The van der Waals surface area contributed by atoms with E-state index in [0.29, 0.717) is 0 Å². The van der Waals surface area contributed by atoms with Gasteiger partial charge < -0.3 is 0 Å². The van der Waals surface area contributed by atoms with E-state index in [-0.39, 0.29) is 0 Å². The molecule has 0 spiro atoms. The van der Waals surface area contributed by atoms with Gasteiger partial charge in [0.25, 0.3) is 0 Å². The van der Waals surface area contributed by atoms with Crippen LogP contribution >= 0.6 is 11.8 Å². The average molecular weight is 129 g/mol. The molecule has 0 saturated carbocycles. The molecule has 1 rings (SSSR count). The Morgan fingerprint density at radius 3 is 3.12 bits per heavy atom. The maximum Gasteiger partial charge on any atom is 0.245 e. The Morgan fingerprint density at radius 2 is 2.62 bits per heavy atom. The Kier molecular flexibility index (Phi) is 1.85. The molecule has 4 nitrogen and oxygen atoms in total. The Morgan fingerprint density at radius 1 is 1.75 bits per heavy atom. The fourth-order valence-electron chi connectivity index (χ4n) is 0.333. The van der Waals surface area contributed by atoms with Gasteiger partial charge in [-0.25, -0.2) is 0 Å². The van der Waals surface area contributed by atoms with Gasteiger partial charge in [-0.15, -0.1) is 22.0 Å². The van der Waals surface area contributed by atoms with E-state index in [0.717, 1.165) is 5.88 Å².